The number of nitrogens with one attached hydrogen (secondary N) is 1. The zero-order chi connectivity index (χ0) is 23.1. The molecule has 2 amide bonds. The van der Waals surface area contributed by atoms with Gasteiger partial charge in [0.15, 0.2) is 6.61 Å². The third-order valence-corrected chi connectivity index (χ3v) is 4.86. The molecule has 7 nitrogen and oxygen atoms in total. The number of pyridine rings is 2. The highest BCUT2D eigenvalue weighted by Gasteiger charge is 2.23. The van der Waals surface area contributed by atoms with Gasteiger partial charge in [-0.1, -0.05) is 0 Å². The molecular formula is C22H28F2N4O3. The van der Waals surface area contributed by atoms with E-state index in [9.17, 15) is 18.4 Å². The van der Waals surface area contributed by atoms with Crippen molar-refractivity contribution in [2.75, 3.05) is 20.2 Å². The molecule has 0 saturated heterocycles. The summed E-state index contributed by atoms with van der Waals surface area (Å²) >= 11 is 0. The topological polar surface area (TPSA) is 84.4 Å². The third-order valence-electron chi connectivity index (χ3n) is 4.86. The van der Waals surface area contributed by atoms with Crippen molar-refractivity contribution in [1.82, 2.24) is 20.2 Å². The highest BCUT2D eigenvalue weighted by Crippen LogP contribution is 2.25. The number of carbonyl (C=O) groups excluding carboxylic acids is 2. The molecule has 168 valence electrons. The van der Waals surface area contributed by atoms with Crippen molar-refractivity contribution in [1.29, 1.82) is 0 Å². The molecule has 0 aliphatic heterocycles. The van der Waals surface area contributed by atoms with Crippen molar-refractivity contribution in [2.45, 2.75) is 46.6 Å². The largest absolute Gasteiger partial charge is 0.471 e. The summed E-state index contributed by atoms with van der Waals surface area (Å²) < 4.78 is 29.7. The van der Waals surface area contributed by atoms with Gasteiger partial charge in [-0.3, -0.25) is 14.6 Å². The van der Waals surface area contributed by atoms with E-state index in [4.69, 9.17) is 4.74 Å². The van der Waals surface area contributed by atoms with Gasteiger partial charge in [0.1, 0.15) is 0 Å². The maximum atomic E-state index is 13.2. The van der Waals surface area contributed by atoms with E-state index in [0.717, 1.165) is 11.3 Å². The van der Waals surface area contributed by atoms with Gasteiger partial charge in [0.25, 0.3) is 12.3 Å². The molecule has 0 bridgehead atoms. The predicted molar refractivity (Wildman–Crippen MR) is 112 cm³/mol. The maximum absolute atomic E-state index is 13.2. The second-order valence-corrected chi connectivity index (χ2v) is 7.36. The number of rotatable bonds is 9. The molecular weight excluding hydrogens is 406 g/mol. The minimum atomic E-state index is -2.58. The Kier molecular flexibility index (Phi) is 8.41. The van der Waals surface area contributed by atoms with Crippen LogP contribution in [0.4, 0.5) is 8.78 Å². The van der Waals surface area contributed by atoms with Crippen molar-refractivity contribution in [2.24, 2.45) is 0 Å². The molecule has 2 rings (SSSR count). The van der Waals surface area contributed by atoms with E-state index in [1.165, 1.54) is 13.1 Å². The predicted octanol–water partition coefficient (Wildman–Crippen LogP) is 3.25. The average Bonchev–Trinajstić information content (AvgIpc) is 2.71. The molecule has 1 atom stereocenters. The molecule has 0 aliphatic rings. The zero-order valence-electron chi connectivity index (χ0n) is 18.4. The number of halogens is 2. The Hall–Kier alpha value is -3.10. The Bertz CT molecular complexity index is 937. The lowest BCUT2D eigenvalue weighted by atomic mass is 10.0. The summed E-state index contributed by atoms with van der Waals surface area (Å²) in [5.74, 6) is -0.211. The number of nitrogens with zero attached hydrogens (tertiary/aromatic N) is 3. The highest BCUT2D eigenvalue weighted by atomic mass is 19.3. The number of hydrogen-bond acceptors (Lipinski definition) is 5. The number of hydrogen-bond donors (Lipinski definition) is 1. The van der Waals surface area contributed by atoms with Crippen molar-refractivity contribution in [3.05, 3.63) is 52.5 Å². The van der Waals surface area contributed by atoms with Crippen molar-refractivity contribution in [3.63, 3.8) is 0 Å². The van der Waals surface area contributed by atoms with Gasteiger partial charge in [0.2, 0.25) is 11.8 Å². The van der Waals surface area contributed by atoms with Gasteiger partial charge in [0.05, 0.1) is 17.3 Å². The normalized spacial score (nSPS) is 11.9. The van der Waals surface area contributed by atoms with Crippen molar-refractivity contribution in [3.8, 4) is 5.88 Å². The first-order valence-electron chi connectivity index (χ1n) is 9.95. The van der Waals surface area contributed by atoms with Crippen LogP contribution in [0.2, 0.25) is 0 Å². The van der Waals surface area contributed by atoms with Crippen molar-refractivity contribution < 1.29 is 23.1 Å². The van der Waals surface area contributed by atoms with E-state index in [2.05, 4.69) is 15.3 Å². The molecule has 0 radical (unpaired) electrons. The Morgan fingerprint density at radius 3 is 2.58 bits per heavy atom. The minimum Gasteiger partial charge on any atom is -0.471 e. The van der Waals surface area contributed by atoms with E-state index < -0.39 is 13.0 Å². The molecule has 0 aromatic carbocycles. The van der Waals surface area contributed by atoms with E-state index in [1.54, 1.807) is 37.1 Å². The molecule has 2 aromatic heterocycles. The minimum absolute atomic E-state index is 0.143. The number of aryl methyl sites for hydroxylation is 2. The first-order chi connectivity index (χ1) is 14.6. The average molecular weight is 434 g/mol. The first-order valence-corrected chi connectivity index (χ1v) is 9.95. The second-order valence-electron chi connectivity index (χ2n) is 7.36. The second kappa shape index (κ2) is 10.8. The summed E-state index contributed by atoms with van der Waals surface area (Å²) in [5.41, 5.74) is 3.22. The summed E-state index contributed by atoms with van der Waals surface area (Å²) in [6.45, 7) is 6.51. The van der Waals surface area contributed by atoms with Gasteiger partial charge in [-0.05, 0) is 44.5 Å². The zero-order valence-corrected chi connectivity index (χ0v) is 18.4. The molecule has 1 N–H and O–H groups in total. The lowest BCUT2D eigenvalue weighted by molar-refractivity contribution is -0.118. The highest BCUT2D eigenvalue weighted by molar-refractivity contribution is 5.95. The van der Waals surface area contributed by atoms with Crippen LogP contribution < -0.4 is 10.1 Å². The first kappa shape index (κ1) is 24.2. The summed E-state index contributed by atoms with van der Waals surface area (Å²) in [5, 5.41) is 2.72. The number of aromatic nitrogens is 2. The van der Waals surface area contributed by atoms with Crippen LogP contribution in [0.1, 0.15) is 52.8 Å². The molecule has 0 saturated carbocycles. The van der Waals surface area contributed by atoms with Crippen LogP contribution in [0.15, 0.2) is 24.4 Å². The van der Waals surface area contributed by atoms with E-state index in [0.29, 0.717) is 29.8 Å². The Labute approximate surface area is 180 Å². The van der Waals surface area contributed by atoms with E-state index in [1.807, 2.05) is 13.8 Å². The quantitative estimate of drug-likeness (QED) is 0.655. The van der Waals surface area contributed by atoms with E-state index >= 15 is 0 Å². The van der Waals surface area contributed by atoms with Gasteiger partial charge >= 0.3 is 0 Å². The summed E-state index contributed by atoms with van der Waals surface area (Å²) in [4.78, 5) is 34.5. The SMILES string of the molecule is CC(=O)NCCc1nc(C)ccc1C(=O)N(C)C(C)c1cnc(OCC(F)F)c(C)c1. The standard InChI is InChI=1S/C22H28F2N4O3/c1-13-10-17(11-26-21(13)31-12-20(23)24)15(3)28(5)22(30)18-7-6-14(2)27-19(18)8-9-25-16(4)29/h6-7,10-11,15,20H,8-9,12H2,1-5H3,(H,25,29). The van der Waals surface area contributed by atoms with Gasteiger partial charge in [0, 0.05) is 44.4 Å². The van der Waals surface area contributed by atoms with Crippen molar-refractivity contribution >= 4 is 11.8 Å². The molecule has 31 heavy (non-hydrogen) atoms. The Morgan fingerprint density at radius 2 is 1.97 bits per heavy atom. The maximum Gasteiger partial charge on any atom is 0.272 e. The summed E-state index contributed by atoms with van der Waals surface area (Å²) in [7, 11) is 1.68. The van der Waals surface area contributed by atoms with Crippen LogP contribution in [0.3, 0.4) is 0 Å². The molecule has 0 aliphatic carbocycles. The fraction of sp³-hybridized carbons (Fsp3) is 0.455. The molecule has 1 unspecified atom stereocenters. The van der Waals surface area contributed by atoms with E-state index in [-0.39, 0.29) is 23.7 Å². The molecule has 0 fully saturated rings. The lowest BCUT2D eigenvalue weighted by Crippen LogP contribution is -2.31. The van der Waals surface area contributed by atoms with Crippen LogP contribution in [0.25, 0.3) is 0 Å². The van der Waals surface area contributed by atoms with Crippen LogP contribution in [-0.4, -0.2) is 53.3 Å². The number of carbonyl (C=O) groups is 2. The molecule has 0 spiro atoms. The Morgan fingerprint density at radius 1 is 1.26 bits per heavy atom. The fourth-order valence-corrected chi connectivity index (χ4v) is 3.05. The third kappa shape index (κ3) is 6.70. The molecule has 2 heterocycles. The monoisotopic (exact) mass is 434 g/mol. The van der Waals surface area contributed by atoms with Crippen LogP contribution in [0, 0.1) is 13.8 Å². The van der Waals surface area contributed by atoms with Gasteiger partial charge in [-0.2, -0.15) is 0 Å². The smallest absolute Gasteiger partial charge is 0.272 e. The van der Waals surface area contributed by atoms with Crippen LogP contribution in [0.5, 0.6) is 5.88 Å². The summed E-state index contributed by atoms with van der Waals surface area (Å²) in [6, 6.07) is 4.95. The number of ether oxygens (including phenoxy) is 1. The summed E-state index contributed by atoms with van der Waals surface area (Å²) in [6.07, 6.45) is -0.624. The fourth-order valence-electron chi connectivity index (χ4n) is 3.05. The number of alkyl halides is 2. The van der Waals surface area contributed by atoms with Gasteiger partial charge in [-0.15, -0.1) is 0 Å². The van der Waals surface area contributed by atoms with Crippen LogP contribution >= 0.6 is 0 Å². The van der Waals surface area contributed by atoms with Gasteiger partial charge < -0.3 is 15.0 Å². The lowest BCUT2D eigenvalue weighted by Gasteiger charge is -2.26. The van der Waals surface area contributed by atoms with Crippen LogP contribution in [-0.2, 0) is 11.2 Å². The number of amides is 2. The molecule has 2 aromatic rings. The Balaban J connectivity index is 2.19. The molecule has 9 heteroatoms. The van der Waals surface area contributed by atoms with Gasteiger partial charge in [-0.25, -0.2) is 13.8 Å².